The lowest BCUT2D eigenvalue weighted by molar-refractivity contribution is 0.280. The topological polar surface area (TPSA) is 172 Å². The third kappa shape index (κ3) is 6.14. The largest absolute Gasteiger partial charge is 0.412 e. The van der Waals surface area contributed by atoms with Crippen molar-refractivity contribution in [3.8, 4) is 0 Å². The number of nitrogens with one attached hydrogen (secondary N) is 3. The van der Waals surface area contributed by atoms with E-state index in [-0.39, 0.29) is 22.4 Å². The molecule has 2 aliphatic rings. The van der Waals surface area contributed by atoms with Crippen LogP contribution < -0.4 is 9.62 Å². The van der Waals surface area contributed by atoms with E-state index < -0.39 is 11.0 Å². The maximum Gasteiger partial charge on any atom is 0.151 e. The van der Waals surface area contributed by atoms with Crippen LogP contribution >= 0.6 is 0 Å². The summed E-state index contributed by atoms with van der Waals surface area (Å²) in [5.74, 6) is 0.526. The summed E-state index contributed by atoms with van der Waals surface area (Å²) < 4.78 is 15.3. The number of aromatic nitrogens is 2. The van der Waals surface area contributed by atoms with E-state index in [0.717, 1.165) is 44.0 Å². The minimum absolute atomic E-state index is 0. The zero-order chi connectivity index (χ0) is 20.9. The Morgan fingerprint density at radius 3 is 2.31 bits per heavy atom. The van der Waals surface area contributed by atoms with E-state index in [9.17, 15) is 4.21 Å². The van der Waals surface area contributed by atoms with Crippen molar-refractivity contribution in [3.63, 3.8) is 0 Å². The van der Waals surface area contributed by atoms with Gasteiger partial charge < -0.3 is 15.9 Å². The molecule has 10 nitrogen and oxygen atoms in total. The van der Waals surface area contributed by atoms with Crippen molar-refractivity contribution in [1.82, 2.24) is 14.9 Å². The molecule has 0 bridgehead atoms. The summed E-state index contributed by atoms with van der Waals surface area (Å²) in [6, 6.07) is 9.44. The van der Waals surface area contributed by atoms with Crippen LogP contribution in [0, 0.1) is 10.8 Å². The predicted molar refractivity (Wildman–Crippen MR) is 127 cm³/mol. The summed E-state index contributed by atoms with van der Waals surface area (Å²) in [5.41, 5.74) is 2.73. The highest BCUT2D eigenvalue weighted by molar-refractivity contribution is 7.86. The third-order valence-electron chi connectivity index (χ3n) is 5.06. The highest BCUT2D eigenvalue weighted by Gasteiger charge is 2.19. The van der Waals surface area contributed by atoms with Crippen molar-refractivity contribution in [2.24, 2.45) is 0 Å². The van der Waals surface area contributed by atoms with E-state index in [2.05, 4.69) is 24.5 Å². The van der Waals surface area contributed by atoms with E-state index in [1.54, 1.807) is 24.4 Å². The van der Waals surface area contributed by atoms with Crippen molar-refractivity contribution < 1.29 is 15.2 Å². The van der Waals surface area contributed by atoms with Crippen molar-refractivity contribution in [1.29, 1.82) is 10.8 Å². The van der Waals surface area contributed by atoms with Crippen LogP contribution in [0.3, 0.4) is 0 Å². The normalized spacial score (nSPS) is 17.1. The maximum atomic E-state index is 12.5. The first-order valence-corrected chi connectivity index (χ1v) is 10.8. The SMILES string of the molecule is N=C1C=CC(CN2CCN(c3ccc(S(=O)Nc4ccncn4)cc3)CC2)=CC1=N.O.O. The molecule has 11 heteroatoms. The number of piperazine rings is 1. The molecule has 0 amide bonds. The first-order chi connectivity index (χ1) is 14.6. The van der Waals surface area contributed by atoms with Gasteiger partial charge in [-0.15, -0.1) is 0 Å². The molecule has 1 aliphatic heterocycles. The van der Waals surface area contributed by atoms with Crippen LogP contribution in [0.25, 0.3) is 0 Å². The molecule has 1 aromatic carbocycles. The molecule has 1 aliphatic carbocycles. The van der Waals surface area contributed by atoms with Gasteiger partial charge in [0.15, 0.2) is 11.0 Å². The summed E-state index contributed by atoms with van der Waals surface area (Å²) in [4.78, 5) is 13.3. The first kappa shape index (κ1) is 25.0. The van der Waals surface area contributed by atoms with E-state index in [1.807, 2.05) is 30.3 Å². The van der Waals surface area contributed by atoms with Gasteiger partial charge in [0.25, 0.3) is 0 Å². The lowest BCUT2D eigenvalue weighted by atomic mass is 10.0. The molecule has 0 radical (unpaired) electrons. The molecule has 1 aromatic heterocycles. The zero-order valence-electron chi connectivity index (χ0n) is 17.4. The molecule has 4 rings (SSSR count). The fourth-order valence-electron chi connectivity index (χ4n) is 3.40. The van der Waals surface area contributed by atoms with E-state index in [4.69, 9.17) is 10.8 Å². The second-order valence-corrected chi connectivity index (χ2v) is 8.32. The van der Waals surface area contributed by atoms with Gasteiger partial charge in [0.05, 0.1) is 16.3 Å². The Hall–Kier alpha value is -3.25. The quantitative estimate of drug-likeness (QED) is 0.539. The van der Waals surface area contributed by atoms with E-state index >= 15 is 0 Å². The molecule has 0 saturated carbocycles. The molecular weight excluding hydrogens is 430 g/mol. The van der Waals surface area contributed by atoms with Gasteiger partial charge in [-0.3, -0.25) is 20.4 Å². The highest BCUT2D eigenvalue weighted by Crippen LogP contribution is 2.20. The molecule has 1 saturated heterocycles. The smallest absolute Gasteiger partial charge is 0.151 e. The van der Waals surface area contributed by atoms with Crippen LogP contribution in [-0.4, -0.2) is 74.2 Å². The minimum atomic E-state index is -1.38. The highest BCUT2D eigenvalue weighted by atomic mass is 32.2. The second-order valence-electron chi connectivity index (χ2n) is 7.10. The Kier molecular flexibility index (Phi) is 8.91. The molecule has 2 aromatic rings. The average molecular weight is 458 g/mol. The number of rotatable bonds is 6. The lowest BCUT2D eigenvalue weighted by Gasteiger charge is -2.36. The van der Waals surface area contributed by atoms with Crippen LogP contribution in [0.15, 0.2) is 71.6 Å². The number of allylic oxidation sites excluding steroid dienone is 2. The molecule has 170 valence electrons. The molecule has 1 atom stereocenters. The molecule has 7 N–H and O–H groups in total. The Bertz CT molecular complexity index is 1020. The molecule has 1 fully saturated rings. The van der Waals surface area contributed by atoms with Crippen LogP contribution in [0.2, 0.25) is 0 Å². The fourth-order valence-corrected chi connectivity index (χ4v) is 4.21. The molecule has 2 heterocycles. The first-order valence-electron chi connectivity index (χ1n) is 9.66. The number of benzene rings is 1. The van der Waals surface area contributed by atoms with Crippen LogP contribution in [0.1, 0.15) is 0 Å². The van der Waals surface area contributed by atoms with Gasteiger partial charge in [-0.05, 0) is 48.1 Å². The fraction of sp³-hybridized carbons (Fsp3) is 0.238. The lowest BCUT2D eigenvalue weighted by Crippen LogP contribution is -2.47. The standard InChI is InChI=1S/C21H23N7OS.2H2O/c22-19-6-1-16(13-20(19)23)14-27-9-11-28(12-10-27)17-2-4-18(5-3-17)30(29)26-21-7-8-24-15-25-21;;/h1-8,13,15,22-23H,9-12,14H2,(H,24,25,26);2*1H2. The Labute approximate surface area is 188 Å². The number of hydrogen-bond donors (Lipinski definition) is 3. The van der Waals surface area contributed by atoms with Gasteiger partial charge in [0.1, 0.15) is 12.1 Å². The number of hydrogen-bond acceptors (Lipinski definition) is 7. The van der Waals surface area contributed by atoms with Gasteiger partial charge in [0.2, 0.25) is 0 Å². The molecule has 32 heavy (non-hydrogen) atoms. The van der Waals surface area contributed by atoms with E-state index in [0.29, 0.717) is 10.7 Å². The van der Waals surface area contributed by atoms with Crippen molar-refractivity contribution in [2.75, 3.05) is 42.3 Å². The van der Waals surface area contributed by atoms with Crippen molar-refractivity contribution >= 4 is 33.9 Å². The van der Waals surface area contributed by atoms with Crippen LogP contribution in [-0.2, 0) is 11.0 Å². The van der Waals surface area contributed by atoms with Gasteiger partial charge in [-0.25, -0.2) is 14.2 Å². The van der Waals surface area contributed by atoms with Gasteiger partial charge >= 0.3 is 0 Å². The third-order valence-corrected chi connectivity index (χ3v) is 6.15. The summed E-state index contributed by atoms with van der Waals surface area (Å²) >= 11 is 0. The summed E-state index contributed by atoms with van der Waals surface area (Å²) in [6.07, 6.45) is 8.42. The van der Waals surface area contributed by atoms with Gasteiger partial charge in [0, 0.05) is 44.6 Å². The molecule has 1 unspecified atom stereocenters. The van der Waals surface area contributed by atoms with Gasteiger partial charge in [-0.1, -0.05) is 6.08 Å². The van der Waals surface area contributed by atoms with E-state index in [1.165, 1.54) is 6.33 Å². The monoisotopic (exact) mass is 457 g/mol. The maximum absolute atomic E-state index is 12.5. The van der Waals surface area contributed by atoms with Crippen LogP contribution in [0.5, 0.6) is 0 Å². The van der Waals surface area contributed by atoms with Crippen LogP contribution in [0.4, 0.5) is 11.5 Å². The van der Waals surface area contributed by atoms with Gasteiger partial charge in [-0.2, -0.15) is 0 Å². The number of nitrogens with zero attached hydrogens (tertiary/aromatic N) is 4. The Morgan fingerprint density at radius 1 is 0.969 bits per heavy atom. The summed E-state index contributed by atoms with van der Waals surface area (Å²) in [6.45, 7) is 4.47. The predicted octanol–water partition coefficient (Wildman–Crippen LogP) is 0.620. The molecular formula is C21H27N7O3S. The van der Waals surface area contributed by atoms with Crippen molar-refractivity contribution in [2.45, 2.75) is 4.90 Å². The summed E-state index contributed by atoms with van der Waals surface area (Å²) in [5, 5.41) is 15.4. The Morgan fingerprint density at radius 2 is 1.69 bits per heavy atom. The average Bonchev–Trinajstić information content (AvgIpc) is 2.78. The molecule has 0 spiro atoms. The second kappa shape index (κ2) is 11.4. The zero-order valence-corrected chi connectivity index (χ0v) is 18.2. The summed E-state index contributed by atoms with van der Waals surface area (Å²) in [7, 11) is -1.38. The Balaban J connectivity index is 0.00000181. The number of anilines is 2. The van der Waals surface area contributed by atoms with Crippen molar-refractivity contribution in [3.05, 3.63) is 66.7 Å². The minimum Gasteiger partial charge on any atom is -0.412 e.